The maximum absolute atomic E-state index is 11.6. The minimum absolute atomic E-state index is 0.359. The largest absolute Gasteiger partial charge is 0.481 e. The van der Waals surface area contributed by atoms with Crippen molar-refractivity contribution in [2.75, 3.05) is 12.4 Å². The number of esters is 4. The number of hydrogen-bond donors (Lipinski definition) is 1. The second-order valence-electron chi connectivity index (χ2n) is 5.77. The van der Waals surface area contributed by atoms with Gasteiger partial charge in [-0.2, -0.15) is 0 Å². The highest BCUT2D eigenvalue weighted by atomic mass is 32.2. The lowest BCUT2D eigenvalue weighted by molar-refractivity contribution is -0.237. The quantitative estimate of drug-likeness (QED) is 0.410. The Labute approximate surface area is 165 Å². The molecule has 1 fully saturated rings. The maximum atomic E-state index is 11.6. The van der Waals surface area contributed by atoms with E-state index >= 15 is 0 Å². The van der Waals surface area contributed by atoms with E-state index in [-0.39, 0.29) is 6.61 Å². The molecule has 1 rings (SSSR count). The molecule has 1 N–H and O–H groups in total. The van der Waals surface area contributed by atoms with Crippen molar-refractivity contribution >= 4 is 41.6 Å². The van der Waals surface area contributed by atoms with Crippen LogP contribution in [-0.2, 0) is 47.7 Å². The van der Waals surface area contributed by atoms with Crippen LogP contribution in [-0.4, -0.2) is 77.2 Å². The third-order valence-electron chi connectivity index (χ3n) is 3.32. The van der Waals surface area contributed by atoms with Crippen molar-refractivity contribution < 1.29 is 52.8 Å². The van der Waals surface area contributed by atoms with Gasteiger partial charge in [-0.25, -0.2) is 0 Å². The zero-order chi connectivity index (χ0) is 21.4. The first-order valence-corrected chi connectivity index (χ1v) is 9.20. The number of aliphatic carboxylic acids is 1. The molecule has 28 heavy (non-hydrogen) atoms. The second kappa shape index (κ2) is 10.9. The molecule has 0 amide bonds. The van der Waals surface area contributed by atoms with Crippen molar-refractivity contribution in [1.82, 2.24) is 0 Å². The summed E-state index contributed by atoms with van der Waals surface area (Å²) >= 11 is 0.774. The van der Waals surface area contributed by atoms with E-state index in [9.17, 15) is 24.0 Å². The molecule has 1 aliphatic heterocycles. The summed E-state index contributed by atoms with van der Waals surface area (Å²) in [5.74, 6) is -4.44. The van der Waals surface area contributed by atoms with Gasteiger partial charge in [-0.3, -0.25) is 24.0 Å². The van der Waals surface area contributed by atoms with E-state index in [1.807, 2.05) is 0 Å². The Balaban J connectivity index is 3.26. The topological polar surface area (TPSA) is 152 Å². The van der Waals surface area contributed by atoms with Gasteiger partial charge in [-0.05, 0) is 0 Å². The van der Waals surface area contributed by atoms with Crippen LogP contribution in [0.5, 0.6) is 0 Å². The Morgan fingerprint density at radius 1 is 0.821 bits per heavy atom. The Bertz CT molecular complexity index is 576. The van der Waals surface area contributed by atoms with Crippen LogP contribution < -0.4 is 0 Å². The lowest BCUT2D eigenvalue weighted by atomic mass is 9.99. The molecule has 0 bridgehead atoms. The zero-order valence-corrected chi connectivity index (χ0v) is 16.6. The van der Waals surface area contributed by atoms with Crippen LogP contribution in [0.4, 0.5) is 0 Å². The van der Waals surface area contributed by atoms with E-state index in [4.69, 9.17) is 28.8 Å². The molecule has 0 saturated carbocycles. The molecule has 11 nitrogen and oxygen atoms in total. The summed E-state index contributed by atoms with van der Waals surface area (Å²) in [5, 5.41) is 8.93. The highest BCUT2D eigenvalue weighted by Crippen LogP contribution is 2.34. The number of ether oxygens (including phenoxy) is 5. The highest BCUT2D eigenvalue weighted by molar-refractivity contribution is 8.00. The molecule has 0 aromatic carbocycles. The number of carbonyl (C=O) groups is 5. The van der Waals surface area contributed by atoms with Gasteiger partial charge in [0.1, 0.15) is 18.1 Å². The molecular weight excluding hydrogens is 400 g/mol. The number of carboxylic acids is 1. The Morgan fingerprint density at radius 3 is 1.79 bits per heavy atom. The first-order valence-electron chi connectivity index (χ1n) is 8.15. The third kappa shape index (κ3) is 7.72. The number of carboxylic acid groups (broad SMARTS) is 1. The van der Waals surface area contributed by atoms with Crippen LogP contribution in [0.15, 0.2) is 0 Å². The van der Waals surface area contributed by atoms with Crippen molar-refractivity contribution in [1.29, 1.82) is 0 Å². The fourth-order valence-electron chi connectivity index (χ4n) is 2.48. The lowest BCUT2D eigenvalue weighted by Crippen LogP contribution is -2.61. The summed E-state index contributed by atoms with van der Waals surface area (Å²) in [7, 11) is 0. The van der Waals surface area contributed by atoms with Crippen LogP contribution >= 0.6 is 11.8 Å². The van der Waals surface area contributed by atoms with E-state index in [0.29, 0.717) is 0 Å². The summed E-state index contributed by atoms with van der Waals surface area (Å²) in [6.45, 7) is 4.12. The monoisotopic (exact) mass is 422 g/mol. The summed E-state index contributed by atoms with van der Waals surface area (Å²) in [6.07, 6.45) is -4.91. The van der Waals surface area contributed by atoms with Crippen LogP contribution in [0, 0.1) is 0 Å². The SMILES string of the molecule is CC(=O)OC[C@H]1O[C@@H](SCC(=O)O)[C@@H](OC(C)=O)[C@@H](OC(C)=O)[C@@H]1OC(C)=O. The lowest BCUT2D eigenvalue weighted by Gasteiger charge is -2.44. The molecule has 12 heteroatoms. The highest BCUT2D eigenvalue weighted by Gasteiger charge is 2.52. The van der Waals surface area contributed by atoms with Crippen LogP contribution in [0.1, 0.15) is 27.7 Å². The van der Waals surface area contributed by atoms with Gasteiger partial charge in [0, 0.05) is 27.7 Å². The molecule has 0 aromatic heterocycles. The summed E-state index contributed by atoms with van der Waals surface area (Å²) < 4.78 is 26.2. The average Bonchev–Trinajstić information content (AvgIpc) is 2.54. The van der Waals surface area contributed by atoms with Gasteiger partial charge in [0.15, 0.2) is 18.3 Å². The van der Waals surface area contributed by atoms with Crippen LogP contribution in [0.2, 0.25) is 0 Å². The molecule has 1 saturated heterocycles. The molecule has 1 heterocycles. The standard InChI is InChI=1S/C16H22O11S/c1-7(17)23-5-11-13(24-8(2)18)14(25-9(3)19)15(26-10(4)20)16(27-11)28-6-12(21)22/h11,13-16H,5-6H2,1-4H3,(H,21,22)/t11-,13-,14+,15+,16+/m1/s1. The van der Waals surface area contributed by atoms with Crippen molar-refractivity contribution in [3.05, 3.63) is 0 Å². The average molecular weight is 422 g/mol. The van der Waals surface area contributed by atoms with Gasteiger partial charge in [-0.1, -0.05) is 0 Å². The normalized spacial score (nSPS) is 26.6. The fraction of sp³-hybridized carbons (Fsp3) is 0.688. The molecule has 0 aromatic rings. The Hall–Kier alpha value is -2.34. The molecule has 0 radical (unpaired) electrons. The van der Waals surface area contributed by atoms with E-state index < -0.39 is 65.5 Å². The van der Waals surface area contributed by atoms with Gasteiger partial charge in [0.2, 0.25) is 0 Å². The Kier molecular flexibility index (Phi) is 9.19. The first-order chi connectivity index (χ1) is 13.0. The van der Waals surface area contributed by atoms with Crippen molar-refractivity contribution in [2.45, 2.75) is 57.5 Å². The predicted molar refractivity (Wildman–Crippen MR) is 92.0 cm³/mol. The van der Waals surface area contributed by atoms with Crippen molar-refractivity contribution in [3.63, 3.8) is 0 Å². The third-order valence-corrected chi connectivity index (χ3v) is 4.44. The van der Waals surface area contributed by atoms with Crippen molar-refractivity contribution in [3.8, 4) is 0 Å². The van der Waals surface area contributed by atoms with Gasteiger partial charge < -0.3 is 28.8 Å². The molecule has 0 aliphatic carbocycles. The first kappa shape index (κ1) is 23.7. The summed E-state index contributed by atoms with van der Waals surface area (Å²) in [4.78, 5) is 56.7. The molecule has 5 atom stereocenters. The van der Waals surface area contributed by atoms with E-state index in [0.717, 1.165) is 39.5 Å². The molecular formula is C16H22O11S. The number of carbonyl (C=O) groups excluding carboxylic acids is 4. The second-order valence-corrected chi connectivity index (χ2v) is 6.86. The minimum atomic E-state index is -1.30. The van der Waals surface area contributed by atoms with E-state index in [1.165, 1.54) is 0 Å². The van der Waals surface area contributed by atoms with Crippen LogP contribution in [0.3, 0.4) is 0 Å². The number of hydrogen-bond acceptors (Lipinski definition) is 11. The summed E-state index contributed by atoms with van der Waals surface area (Å²) in [5.41, 5.74) is -1.09. The maximum Gasteiger partial charge on any atom is 0.313 e. The molecule has 1 aliphatic rings. The zero-order valence-electron chi connectivity index (χ0n) is 15.7. The predicted octanol–water partition coefficient (Wildman–Crippen LogP) is -0.113. The van der Waals surface area contributed by atoms with Gasteiger partial charge in [0.25, 0.3) is 0 Å². The van der Waals surface area contributed by atoms with Crippen LogP contribution in [0.25, 0.3) is 0 Å². The molecule has 158 valence electrons. The molecule has 0 unspecified atom stereocenters. The number of rotatable bonds is 8. The van der Waals surface area contributed by atoms with Gasteiger partial charge >= 0.3 is 29.8 Å². The fourth-order valence-corrected chi connectivity index (χ4v) is 3.40. The summed E-state index contributed by atoms with van der Waals surface area (Å²) in [6, 6.07) is 0. The van der Waals surface area contributed by atoms with Crippen molar-refractivity contribution in [2.24, 2.45) is 0 Å². The smallest absolute Gasteiger partial charge is 0.313 e. The van der Waals surface area contributed by atoms with Gasteiger partial charge in [-0.15, -0.1) is 11.8 Å². The van der Waals surface area contributed by atoms with E-state index in [2.05, 4.69) is 0 Å². The Morgan fingerprint density at radius 2 is 1.32 bits per heavy atom. The van der Waals surface area contributed by atoms with Gasteiger partial charge in [0.05, 0.1) is 5.75 Å². The number of thioether (sulfide) groups is 1. The minimum Gasteiger partial charge on any atom is -0.481 e. The molecule has 0 spiro atoms. The van der Waals surface area contributed by atoms with E-state index in [1.54, 1.807) is 0 Å².